The predicted octanol–water partition coefficient (Wildman–Crippen LogP) is 2.51. The summed E-state index contributed by atoms with van der Waals surface area (Å²) in [6.45, 7) is 0.558. The first kappa shape index (κ1) is 11.0. The molecule has 4 nitrogen and oxygen atoms in total. The van der Waals surface area contributed by atoms with Crippen LogP contribution in [-0.4, -0.2) is 20.6 Å². The molecule has 0 aliphatic heterocycles. The lowest BCUT2D eigenvalue weighted by atomic mass is 10.2. The number of aromatic carboxylic acids is 1. The van der Waals surface area contributed by atoms with E-state index in [0.717, 1.165) is 24.1 Å². The monoisotopic (exact) mass is 242 g/mol. The van der Waals surface area contributed by atoms with Crippen LogP contribution in [0.1, 0.15) is 40.5 Å². The first-order valence-electron chi connectivity index (χ1n) is 6.08. The molecule has 0 bridgehead atoms. The van der Waals surface area contributed by atoms with Crippen molar-refractivity contribution < 1.29 is 9.90 Å². The van der Waals surface area contributed by atoms with Crippen molar-refractivity contribution in [3.05, 3.63) is 53.6 Å². The van der Waals surface area contributed by atoms with Crippen molar-refractivity contribution in [1.82, 2.24) is 9.55 Å². The third-order valence-electron chi connectivity index (χ3n) is 3.23. The topological polar surface area (TPSA) is 55.1 Å². The molecule has 1 aromatic carbocycles. The van der Waals surface area contributed by atoms with Crippen LogP contribution in [0.15, 0.2) is 36.7 Å². The summed E-state index contributed by atoms with van der Waals surface area (Å²) in [5, 5.41) is 9.33. The Bertz CT molecular complexity index is 571. The fraction of sp³-hybridized carbons (Fsp3) is 0.286. The SMILES string of the molecule is O=C(O)c1c(C2CC2)ncn1Cc1ccccc1. The van der Waals surface area contributed by atoms with Gasteiger partial charge in [0.25, 0.3) is 0 Å². The van der Waals surface area contributed by atoms with Gasteiger partial charge in [0.2, 0.25) is 0 Å². The van der Waals surface area contributed by atoms with Crippen LogP contribution in [0.25, 0.3) is 0 Å². The van der Waals surface area contributed by atoms with E-state index in [9.17, 15) is 9.90 Å². The molecule has 1 N–H and O–H groups in total. The maximum atomic E-state index is 11.4. The number of aromatic nitrogens is 2. The molecule has 2 aromatic rings. The summed E-state index contributed by atoms with van der Waals surface area (Å²) in [5.41, 5.74) is 2.18. The molecule has 4 heteroatoms. The highest BCUT2D eigenvalue weighted by atomic mass is 16.4. The Hall–Kier alpha value is -2.10. The first-order chi connectivity index (χ1) is 8.75. The fourth-order valence-electron chi connectivity index (χ4n) is 2.19. The minimum absolute atomic E-state index is 0.348. The number of benzene rings is 1. The van der Waals surface area contributed by atoms with Gasteiger partial charge in [-0.15, -0.1) is 0 Å². The Morgan fingerprint density at radius 1 is 1.33 bits per heavy atom. The van der Waals surface area contributed by atoms with E-state index in [1.54, 1.807) is 10.9 Å². The van der Waals surface area contributed by atoms with Crippen LogP contribution in [-0.2, 0) is 6.54 Å². The van der Waals surface area contributed by atoms with Gasteiger partial charge in [-0.05, 0) is 18.4 Å². The number of carboxylic acids is 1. The van der Waals surface area contributed by atoms with Gasteiger partial charge in [-0.25, -0.2) is 9.78 Å². The largest absolute Gasteiger partial charge is 0.477 e. The molecule has 0 unspecified atom stereocenters. The van der Waals surface area contributed by atoms with Gasteiger partial charge in [0.1, 0.15) is 0 Å². The molecule has 1 saturated carbocycles. The van der Waals surface area contributed by atoms with Crippen LogP contribution in [0.2, 0.25) is 0 Å². The van der Waals surface area contributed by atoms with Gasteiger partial charge in [-0.3, -0.25) is 0 Å². The third kappa shape index (κ3) is 2.01. The second-order valence-corrected chi connectivity index (χ2v) is 4.67. The number of carbonyl (C=O) groups is 1. The summed E-state index contributed by atoms with van der Waals surface area (Å²) in [4.78, 5) is 15.6. The van der Waals surface area contributed by atoms with Crippen molar-refractivity contribution in [3.63, 3.8) is 0 Å². The van der Waals surface area contributed by atoms with Crippen LogP contribution in [0.5, 0.6) is 0 Å². The lowest BCUT2D eigenvalue weighted by Gasteiger charge is -2.06. The van der Waals surface area contributed by atoms with Crippen molar-refractivity contribution in [1.29, 1.82) is 0 Å². The summed E-state index contributed by atoms with van der Waals surface area (Å²) < 4.78 is 1.73. The molecule has 18 heavy (non-hydrogen) atoms. The predicted molar refractivity (Wildman–Crippen MR) is 66.7 cm³/mol. The Morgan fingerprint density at radius 2 is 2.06 bits per heavy atom. The molecular formula is C14H14N2O2. The van der Waals surface area contributed by atoms with Crippen molar-refractivity contribution in [2.45, 2.75) is 25.3 Å². The number of hydrogen-bond acceptors (Lipinski definition) is 2. The average Bonchev–Trinajstić information content (AvgIpc) is 3.12. The summed E-state index contributed by atoms with van der Waals surface area (Å²) >= 11 is 0. The second-order valence-electron chi connectivity index (χ2n) is 4.67. The van der Waals surface area contributed by atoms with E-state index < -0.39 is 5.97 Å². The molecule has 0 saturated heterocycles. The summed E-state index contributed by atoms with van der Waals surface area (Å²) in [5.74, 6) is -0.529. The minimum Gasteiger partial charge on any atom is -0.477 e. The van der Waals surface area contributed by atoms with Gasteiger partial charge >= 0.3 is 5.97 Å². The lowest BCUT2D eigenvalue weighted by Crippen LogP contribution is -2.10. The normalized spacial score (nSPS) is 14.7. The van der Waals surface area contributed by atoms with Crippen molar-refractivity contribution in [3.8, 4) is 0 Å². The average molecular weight is 242 g/mol. The third-order valence-corrected chi connectivity index (χ3v) is 3.23. The molecule has 3 rings (SSSR count). The van der Waals surface area contributed by atoms with E-state index in [4.69, 9.17) is 0 Å². The second kappa shape index (κ2) is 4.29. The number of hydrogen-bond donors (Lipinski definition) is 1. The molecule has 0 spiro atoms. The van der Waals surface area contributed by atoms with Gasteiger partial charge in [0.15, 0.2) is 5.69 Å². The molecule has 1 aliphatic rings. The van der Waals surface area contributed by atoms with Crippen LogP contribution in [0.4, 0.5) is 0 Å². The molecule has 0 radical (unpaired) electrons. The van der Waals surface area contributed by atoms with E-state index in [2.05, 4.69) is 4.98 Å². The van der Waals surface area contributed by atoms with Gasteiger partial charge in [-0.2, -0.15) is 0 Å². The molecular weight excluding hydrogens is 228 g/mol. The van der Waals surface area contributed by atoms with Gasteiger partial charge in [0.05, 0.1) is 12.0 Å². The fourth-order valence-corrected chi connectivity index (χ4v) is 2.19. The zero-order chi connectivity index (χ0) is 12.5. The highest BCUT2D eigenvalue weighted by Crippen LogP contribution is 2.40. The molecule has 1 aliphatic carbocycles. The smallest absolute Gasteiger partial charge is 0.354 e. The lowest BCUT2D eigenvalue weighted by molar-refractivity contribution is 0.0684. The zero-order valence-electron chi connectivity index (χ0n) is 9.91. The molecule has 0 atom stereocenters. The van der Waals surface area contributed by atoms with Crippen LogP contribution < -0.4 is 0 Å². The summed E-state index contributed by atoms with van der Waals surface area (Å²) in [6, 6.07) is 9.83. The van der Waals surface area contributed by atoms with E-state index in [0.29, 0.717) is 18.2 Å². The quantitative estimate of drug-likeness (QED) is 0.896. The van der Waals surface area contributed by atoms with Gasteiger partial charge in [-0.1, -0.05) is 30.3 Å². The van der Waals surface area contributed by atoms with Crippen LogP contribution >= 0.6 is 0 Å². The van der Waals surface area contributed by atoms with Gasteiger partial charge < -0.3 is 9.67 Å². The van der Waals surface area contributed by atoms with E-state index >= 15 is 0 Å². The number of carboxylic acid groups (broad SMARTS) is 1. The van der Waals surface area contributed by atoms with Crippen molar-refractivity contribution in [2.24, 2.45) is 0 Å². The van der Waals surface area contributed by atoms with E-state index in [1.807, 2.05) is 30.3 Å². The van der Waals surface area contributed by atoms with E-state index in [-0.39, 0.29) is 0 Å². The van der Waals surface area contributed by atoms with Crippen LogP contribution in [0, 0.1) is 0 Å². The maximum absolute atomic E-state index is 11.4. The molecule has 1 aromatic heterocycles. The Kier molecular flexibility index (Phi) is 2.63. The molecule has 1 fully saturated rings. The van der Waals surface area contributed by atoms with Crippen LogP contribution in [0.3, 0.4) is 0 Å². The zero-order valence-corrected chi connectivity index (χ0v) is 9.91. The summed E-state index contributed by atoms with van der Waals surface area (Å²) in [7, 11) is 0. The highest BCUT2D eigenvalue weighted by Gasteiger charge is 2.32. The number of nitrogens with zero attached hydrogens (tertiary/aromatic N) is 2. The Balaban J connectivity index is 1.94. The first-order valence-corrected chi connectivity index (χ1v) is 6.08. The van der Waals surface area contributed by atoms with E-state index in [1.165, 1.54) is 0 Å². The van der Waals surface area contributed by atoms with Crippen molar-refractivity contribution >= 4 is 5.97 Å². The van der Waals surface area contributed by atoms with Crippen molar-refractivity contribution in [2.75, 3.05) is 0 Å². The molecule has 1 heterocycles. The Labute approximate surface area is 105 Å². The Morgan fingerprint density at radius 3 is 2.67 bits per heavy atom. The molecule has 0 amide bonds. The number of imidazole rings is 1. The minimum atomic E-state index is -0.884. The summed E-state index contributed by atoms with van der Waals surface area (Å²) in [6.07, 6.45) is 3.76. The highest BCUT2D eigenvalue weighted by molar-refractivity contribution is 5.87. The van der Waals surface area contributed by atoms with Gasteiger partial charge in [0, 0.05) is 12.5 Å². The maximum Gasteiger partial charge on any atom is 0.354 e. The standard InChI is InChI=1S/C14H14N2O2/c17-14(18)13-12(11-6-7-11)15-9-16(13)8-10-4-2-1-3-5-10/h1-5,9,11H,6-8H2,(H,17,18). The molecule has 92 valence electrons. The number of rotatable bonds is 4.